The Morgan fingerprint density at radius 1 is 1.11 bits per heavy atom. The van der Waals surface area contributed by atoms with E-state index in [1.807, 2.05) is 0 Å². The van der Waals surface area contributed by atoms with Crippen molar-refractivity contribution < 1.29 is 33.0 Å². The smallest absolute Gasteiger partial charge is 0.463 e. The van der Waals surface area contributed by atoms with Gasteiger partial charge in [-0.25, -0.2) is 4.79 Å². The van der Waals surface area contributed by atoms with Gasteiger partial charge in [0.25, 0.3) is 0 Å². The highest BCUT2D eigenvalue weighted by Crippen LogP contribution is 2.43. The monoisotopic (exact) mass is 394 g/mol. The van der Waals surface area contributed by atoms with Crippen molar-refractivity contribution in [3.63, 3.8) is 0 Å². The van der Waals surface area contributed by atoms with Crippen molar-refractivity contribution >= 4 is 40.5 Å². The van der Waals surface area contributed by atoms with Crippen molar-refractivity contribution in [1.82, 2.24) is 0 Å². The number of hydrogen-bond donors (Lipinski definition) is 0. The minimum atomic E-state index is -1.10. The van der Waals surface area contributed by atoms with Crippen LogP contribution in [-0.4, -0.2) is 30.3 Å². The second-order valence-corrected chi connectivity index (χ2v) is 7.06. The quantitative estimate of drug-likeness (QED) is 0.408. The molecule has 1 aliphatic carbocycles. The normalized spacial score (nSPS) is 19.6. The summed E-state index contributed by atoms with van der Waals surface area (Å²) in [6, 6.07) is 4.93. The molecule has 1 aromatic heterocycles. The van der Waals surface area contributed by atoms with Crippen molar-refractivity contribution in [2.45, 2.75) is 39.6 Å². The topological polar surface area (TPSA) is 92.0 Å². The first-order valence-electron chi connectivity index (χ1n) is 8.55. The number of ketones is 1. The van der Waals surface area contributed by atoms with Crippen LogP contribution in [0, 0.1) is 11.8 Å². The van der Waals surface area contributed by atoms with E-state index < -0.39 is 30.3 Å². The van der Waals surface area contributed by atoms with Crippen molar-refractivity contribution in [2.24, 2.45) is 11.8 Å². The Hall–Kier alpha value is -2.54. The molecule has 0 radical (unpaired) electrons. The molecule has 1 aromatic carbocycles. The molecule has 1 aliphatic rings. The van der Waals surface area contributed by atoms with Crippen LogP contribution < -0.4 is 0 Å². The molecule has 2 aromatic rings. The van der Waals surface area contributed by atoms with Gasteiger partial charge in [-0.1, -0.05) is 11.6 Å². The largest absolute Gasteiger partial charge is 0.511 e. The molecule has 0 saturated heterocycles. The second-order valence-electron chi connectivity index (χ2n) is 6.65. The highest BCUT2D eigenvalue weighted by Gasteiger charge is 2.49. The van der Waals surface area contributed by atoms with E-state index in [2.05, 4.69) is 0 Å². The third kappa shape index (κ3) is 4.42. The fourth-order valence-corrected chi connectivity index (χ4v) is 3.04. The highest BCUT2D eigenvalue weighted by atomic mass is 35.5. The van der Waals surface area contributed by atoms with E-state index in [1.54, 1.807) is 26.0 Å². The Kier molecular flexibility index (Phi) is 5.41. The number of benzene rings is 1. The van der Waals surface area contributed by atoms with Crippen LogP contribution in [0.2, 0.25) is 5.02 Å². The zero-order valence-electron chi connectivity index (χ0n) is 15.1. The van der Waals surface area contributed by atoms with Crippen LogP contribution >= 0.6 is 11.6 Å². The summed E-state index contributed by atoms with van der Waals surface area (Å²) in [5.41, 5.74) is 0.929. The van der Waals surface area contributed by atoms with E-state index in [1.165, 1.54) is 19.3 Å². The lowest BCUT2D eigenvalue weighted by atomic mass is 10.0. The fraction of sp³-hybridized carbons (Fsp3) is 0.421. The molecule has 1 saturated carbocycles. The first kappa shape index (κ1) is 19.2. The molecule has 7 nitrogen and oxygen atoms in total. The Labute approximate surface area is 160 Å². The van der Waals surface area contributed by atoms with Gasteiger partial charge in [0.15, 0.2) is 11.4 Å². The maximum Gasteiger partial charge on any atom is 0.511 e. The van der Waals surface area contributed by atoms with E-state index >= 15 is 0 Å². The molecule has 1 heterocycles. The average Bonchev–Trinajstić information content (AvgIpc) is 3.22. The van der Waals surface area contributed by atoms with Gasteiger partial charge >= 0.3 is 12.1 Å². The SMILES string of the molecule is CC(C)OC(=O)OC(C)OC(=O)C1CC1C(=O)c1cc(Cl)c2occc2c1. The minimum absolute atomic E-state index is 0.185. The van der Waals surface area contributed by atoms with Crippen molar-refractivity contribution in [3.8, 4) is 0 Å². The summed E-state index contributed by atoms with van der Waals surface area (Å²) < 4.78 is 20.0. The minimum Gasteiger partial charge on any atom is -0.463 e. The molecule has 0 aliphatic heterocycles. The van der Waals surface area contributed by atoms with Gasteiger partial charge in [-0.05, 0) is 38.5 Å². The van der Waals surface area contributed by atoms with Gasteiger partial charge in [-0.3, -0.25) is 9.59 Å². The number of Topliss-reactive ketones (excluding diaryl/α,β-unsaturated/α-hetero) is 1. The van der Waals surface area contributed by atoms with Gasteiger partial charge in [0.1, 0.15) is 0 Å². The molecular formula is C19H19ClO7. The van der Waals surface area contributed by atoms with Crippen LogP contribution in [0.25, 0.3) is 11.0 Å². The molecule has 3 rings (SSSR count). The van der Waals surface area contributed by atoms with E-state index in [9.17, 15) is 14.4 Å². The van der Waals surface area contributed by atoms with Crippen LogP contribution in [0.3, 0.4) is 0 Å². The van der Waals surface area contributed by atoms with Crippen LogP contribution in [0.15, 0.2) is 28.9 Å². The average molecular weight is 395 g/mol. The molecule has 144 valence electrons. The first-order chi connectivity index (χ1) is 12.8. The number of esters is 1. The van der Waals surface area contributed by atoms with Crippen LogP contribution in [0.1, 0.15) is 37.6 Å². The zero-order chi connectivity index (χ0) is 19.7. The second kappa shape index (κ2) is 7.60. The number of hydrogen-bond acceptors (Lipinski definition) is 7. The lowest BCUT2D eigenvalue weighted by molar-refractivity contribution is -0.170. The van der Waals surface area contributed by atoms with Gasteiger partial charge in [0.2, 0.25) is 6.29 Å². The molecule has 1 fully saturated rings. The summed E-state index contributed by atoms with van der Waals surface area (Å²) in [5.74, 6) is -1.82. The van der Waals surface area contributed by atoms with Gasteiger partial charge in [0.05, 0.1) is 23.3 Å². The molecule has 0 amide bonds. The molecule has 3 unspecified atom stereocenters. The molecule has 8 heteroatoms. The number of furan rings is 1. The van der Waals surface area contributed by atoms with Crippen molar-refractivity contribution in [3.05, 3.63) is 35.0 Å². The van der Waals surface area contributed by atoms with Crippen LogP contribution in [0.4, 0.5) is 4.79 Å². The summed E-state index contributed by atoms with van der Waals surface area (Å²) in [7, 11) is 0. The summed E-state index contributed by atoms with van der Waals surface area (Å²) >= 11 is 6.13. The molecular weight excluding hydrogens is 376 g/mol. The maximum atomic E-state index is 12.6. The maximum absolute atomic E-state index is 12.6. The summed E-state index contributed by atoms with van der Waals surface area (Å²) in [6.45, 7) is 4.75. The van der Waals surface area contributed by atoms with Gasteiger partial charge in [-0.15, -0.1) is 0 Å². The van der Waals surface area contributed by atoms with Gasteiger partial charge < -0.3 is 18.6 Å². The van der Waals surface area contributed by atoms with Crippen LogP contribution in [-0.2, 0) is 19.0 Å². The third-order valence-corrected chi connectivity index (χ3v) is 4.38. The van der Waals surface area contributed by atoms with Gasteiger partial charge in [-0.2, -0.15) is 0 Å². The first-order valence-corrected chi connectivity index (χ1v) is 8.92. The van der Waals surface area contributed by atoms with Crippen LogP contribution in [0.5, 0.6) is 0 Å². The van der Waals surface area contributed by atoms with E-state index in [-0.39, 0.29) is 11.9 Å². The zero-order valence-corrected chi connectivity index (χ0v) is 15.8. The summed E-state index contributed by atoms with van der Waals surface area (Å²) in [6.07, 6.45) is -0.492. The summed E-state index contributed by atoms with van der Waals surface area (Å²) in [5, 5.41) is 1.06. The molecule has 27 heavy (non-hydrogen) atoms. The predicted octanol–water partition coefficient (Wildman–Crippen LogP) is 4.36. The van der Waals surface area contributed by atoms with Crippen molar-refractivity contribution in [2.75, 3.05) is 0 Å². The standard InChI is InChI=1S/C19H19ClO7/c1-9(2)25-19(23)27-10(3)26-18(22)14-8-13(14)16(21)12-6-11-4-5-24-17(11)15(20)7-12/h4-7,9-10,13-14H,8H2,1-3H3. The Bertz CT molecular complexity index is 885. The predicted molar refractivity (Wildman–Crippen MR) is 95.4 cm³/mol. The number of rotatable bonds is 6. The number of halogens is 1. The fourth-order valence-electron chi connectivity index (χ4n) is 2.77. The molecule has 0 N–H and O–H groups in total. The Morgan fingerprint density at radius 3 is 2.56 bits per heavy atom. The molecule has 0 bridgehead atoms. The van der Waals surface area contributed by atoms with Crippen molar-refractivity contribution in [1.29, 1.82) is 0 Å². The summed E-state index contributed by atoms with van der Waals surface area (Å²) in [4.78, 5) is 36.2. The van der Waals surface area contributed by atoms with E-state index in [4.69, 9.17) is 30.2 Å². The Balaban J connectivity index is 1.57. The number of carbonyl (C=O) groups is 3. The van der Waals surface area contributed by atoms with E-state index in [0.29, 0.717) is 22.6 Å². The van der Waals surface area contributed by atoms with Gasteiger partial charge in [0, 0.05) is 23.8 Å². The number of carbonyl (C=O) groups excluding carboxylic acids is 3. The highest BCUT2D eigenvalue weighted by molar-refractivity contribution is 6.35. The lowest BCUT2D eigenvalue weighted by Gasteiger charge is -2.15. The number of ether oxygens (including phenoxy) is 3. The molecule has 3 atom stereocenters. The lowest BCUT2D eigenvalue weighted by Crippen LogP contribution is -2.25. The number of fused-ring (bicyclic) bond motifs is 1. The third-order valence-electron chi connectivity index (χ3n) is 4.10. The Morgan fingerprint density at radius 2 is 1.85 bits per heavy atom. The van der Waals surface area contributed by atoms with E-state index in [0.717, 1.165) is 5.39 Å². The molecule has 0 spiro atoms.